The van der Waals surface area contributed by atoms with E-state index in [9.17, 15) is 21.6 Å². The first-order valence-corrected chi connectivity index (χ1v) is 9.62. The number of nitrogens with zero attached hydrogens (tertiary/aromatic N) is 1. The molecule has 0 spiro atoms. The fraction of sp³-hybridized carbons (Fsp3) is 0.333. The summed E-state index contributed by atoms with van der Waals surface area (Å²) in [7, 11) is -2.08. The number of alkyl halides is 3. The van der Waals surface area contributed by atoms with E-state index in [1.54, 1.807) is 18.2 Å². The van der Waals surface area contributed by atoms with Crippen molar-refractivity contribution in [3.8, 4) is 0 Å². The number of likely N-dealkylation sites (tertiary alicyclic amines) is 1. The molecule has 2 aromatic rings. The molecule has 0 amide bonds. The second kappa shape index (κ2) is 6.92. The van der Waals surface area contributed by atoms with E-state index >= 15 is 0 Å². The number of halogens is 3. The van der Waals surface area contributed by atoms with E-state index in [-0.39, 0.29) is 0 Å². The Morgan fingerprint density at radius 3 is 2.50 bits per heavy atom. The summed E-state index contributed by atoms with van der Waals surface area (Å²) in [5.74, 6) is 0.318. The number of hydrogen-bond acceptors (Lipinski definition) is 3. The van der Waals surface area contributed by atoms with Crippen molar-refractivity contribution in [3.63, 3.8) is 0 Å². The number of rotatable bonds is 4. The maximum absolute atomic E-state index is 12.8. The minimum Gasteiger partial charge on any atom is -0.306 e. The Balaban J connectivity index is 1.84. The molecule has 1 heterocycles. The standard InChI is InChI=1S/C18H19F3N2O2S/c1-23-9-8-14(12-23)13-4-2-6-16(10-13)22-26(24,25)17-7-3-5-15(11-17)18(19,20)21/h2-7,10-11,14,22H,8-9,12H2,1H3/t14-/m1/s1. The van der Waals surface area contributed by atoms with Crippen LogP contribution < -0.4 is 4.72 Å². The molecule has 4 nitrogen and oxygen atoms in total. The van der Waals surface area contributed by atoms with E-state index in [0.717, 1.165) is 43.3 Å². The average molecular weight is 384 g/mol. The van der Waals surface area contributed by atoms with Crippen molar-refractivity contribution in [1.82, 2.24) is 4.90 Å². The van der Waals surface area contributed by atoms with Crippen molar-refractivity contribution in [2.45, 2.75) is 23.4 Å². The van der Waals surface area contributed by atoms with E-state index in [2.05, 4.69) is 9.62 Å². The third-order valence-corrected chi connectivity index (χ3v) is 5.85. The summed E-state index contributed by atoms with van der Waals surface area (Å²) >= 11 is 0. The van der Waals surface area contributed by atoms with Crippen molar-refractivity contribution in [2.75, 3.05) is 24.9 Å². The van der Waals surface area contributed by atoms with Gasteiger partial charge in [-0.05, 0) is 61.8 Å². The molecular formula is C18H19F3N2O2S. The number of benzene rings is 2. The van der Waals surface area contributed by atoms with Gasteiger partial charge in [0.2, 0.25) is 0 Å². The molecule has 0 bridgehead atoms. The van der Waals surface area contributed by atoms with Gasteiger partial charge in [-0.3, -0.25) is 4.72 Å². The van der Waals surface area contributed by atoms with E-state index in [4.69, 9.17) is 0 Å². The fourth-order valence-corrected chi connectivity index (χ4v) is 4.21. The maximum atomic E-state index is 12.8. The quantitative estimate of drug-likeness (QED) is 0.869. The molecular weight excluding hydrogens is 365 g/mol. The molecule has 8 heteroatoms. The smallest absolute Gasteiger partial charge is 0.306 e. The molecule has 3 rings (SSSR count). The highest BCUT2D eigenvalue weighted by atomic mass is 32.2. The van der Waals surface area contributed by atoms with Crippen LogP contribution in [-0.4, -0.2) is 33.5 Å². The van der Waals surface area contributed by atoms with Crippen LogP contribution in [0.15, 0.2) is 53.4 Å². The predicted octanol–water partition coefficient (Wildman–Crippen LogP) is 3.93. The molecule has 0 saturated carbocycles. The van der Waals surface area contributed by atoms with Crippen molar-refractivity contribution in [1.29, 1.82) is 0 Å². The van der Waals surface area contributed by atoms with Gasteiger partial charge in [-0.15, -0.1) is 0 Å². The Morgan fingerprint density at radius 2 is 1.85 bits per heavy atom. The summed E-state index contributed by atoms with van der Waals surface area (Å²) in [4.78, 5) is 1.78. The van der Waals surface area contributed by atoms with Gasteiger partial charge < -0.3 is 4.90 Å². The van der Waals surface area contributed by atoms with Crippen LogP contribution in [0, 0.1) is 0 Å². The van der Waals surface area contributed by atoms with E-state index < -0.39 is 26.7 Å². The lowest BCUT2D eigenvalue weighted by Gasteiger charge is -2.14. The normalized spacial score (nSPS) is 18.8. The monoisotopic (exact) mass is 384 g/mol. The van der Waals surface area contributed by atoms with Gasteiger partial charge in [0.05, 0.1) is 10.5 Å². The van der Waals surface area contributed by atoms with Crippen LogP contribution in [0.5, 0.6) is 0 Å². The van der Waals surface area contributed by atoms with E-state index in [1.807, 2.05) is 13.1 Å². The molecule has 1 fully saturated rings. The lowest BCUT2D eigenvalue weighted by Crippen LogP contribution is -2.15. The molecule has 0 aromatic heterocycles. The van der Waals surface area contributed by atoms with Crippen LogP contribution in [0.3, 0.4) is 0 Å². The Morgan fingerprint density at radius 1 is 1.12 bits per heavy atom. The lowest BCUT2D eigenvalue weighted by atomic mass is 9.98. The molecule has 140 valence electrons. The lowest BCUT2D eigenvalue weighted by molar-refractivity contribution is -0.137. The third-order valence-electron chi connectivity index (χ3n) is 4.47. The van der Waals surface area contributed by atoms with Crippen LogP contribution in [0.25, 0.3) is 0 Å². The first-order chi connectivity index (χ1) is 12.1. The van der Waals surface area contributed by atoms with Crippen LogP contribution in [0.1, 0.15) is 23.5 Å². The molecule has 1 N–H and O–H groups in total. The molecule has 0 unspecified atom stereocenters. The molecule has 0 radical (unpaired) electrons. The second-order valence-corrected chi connectivity index (χ2v) is 8.19. The van der Waals surface area contributed by atoms with E-state index in [0.29, 0.717) is 17.7 Å². The van der Waals surface area contributed by atoms with Gasteiger partial charge >= 0.3 is 6.18 Å². The summed E-state index contributed by atoms with van der Waals surface area (Å²) < 4.78 is 65.8. The van der Waals surface area contributed by atoms with Gasteiger partial charge in [0.15, 0.2) is 0 Å². The first-order valence-electron chi connectivity index (χ1n) is 8.14. The number of sulfonamides is 1. The van der Waals surface area contributed by atoms with Gasteiger partial charge in [-0.25, -0.2) is 8.42 Å². The van der Waals surface area contributed by atoms with Crippen molar-refractivity contribution in [3.05, 3.63) is 59.7 Å². The zero-order valence-corrected chi connectivity index (χ0v) is 14.9. The highest BCUT2D eigenvalue weighted by Crippen LogP contribution is 2.31. The van der Waals surface area contributed by atoms with E-state index in [1.165, 1.54) is 0 Å². The van der Waals surface area contributed by atoms with Crippen LogP contribution in [-0.2, 0) is 16.2 Å². The highest BCUT2D eigenvalue weighted by molar-refractivity contribution is 7.92. The summed E-state index contributed by atoms with van der Waals surface area (Å²) in [5.41, 5.74) is 0.358. The Hall–Kier alpha value is -2.06. The van der Waals surface area contributed by atoms with Gasteiger partial charge in [-0.1, -0.05) is 18.2 Å². The fourth-order valence-electron chi connectivity index (χ4n) is 3.12. The number of likely N-dealkylation sites (N-methyl/N-ethyl adjacent to an activating group) is 1. The summed E-state index contributed by atoms with van der Waals surface area (Å²) in [6.07, 6.45) is -3.61. The maximum Gasteiger partial charge on any atom is 0.416 e. The molecule has 2 aromatic carbocycles. The van der Waals surface area contributed by atoms with Gasteiger partial charge in [0, 0.05) is 12.2 Å². The molecule has 1 atom stereocenters. The first kappa shape index (κ1) is 18.7. The zero-order chi connectivity index (χ0) is 18.9. The molecule has 1 saturated heterocycles. The summed E-state index contributed by atoms with van der Waals surface area (Å²) in [5, 5.41) is 0. The topological polar surface area (TPSA) is 49.4 Å². The Kier molecular flexibility index (Phi) is 4.98. The Bertz CT molecular complexity index is 897. The molecule has 1 aliphatic heterocycles. The minimum absolute atomic E-state index is 0.318. The molecule has 1 aliphatic rings. The van der Waals surface area contributed by atoms with Crippen LogP contribution in [0.2, 0.25) is 0 Å². The highest BCUT2D eigenvalue weighted by Gasteiger charge is 2.31. The summed E-state index contributed by atoms with van der Waals surface area (Å²) in [6, 6.07) is 10.7. The predicted molar refractivity (Wildman–Crippen MR) is 93.5 cm³/mol. The summed E-state index contributed by atoms with van der Waals surface area (Å²) in [6.45, 7) is 1.87. The number of nitrogens with one attached hydrogen (secondary N) is 1. The van der Waals surface area contributed by atoms with Gasteiger partial charge in [0.1, 0.15) is 0 Å². The number of hydrogen-bond donors (Lipinski definition) is 1. The Labute approximate surface area is 150 Å². The largest absolute Gasteiger partial charge is 0.416 e. The SMILES string of the molecule is CN1CC[C@@H](c2cccc(NS(=O)(=O)c3cccc(C(F)(F)F)c3)c2)C1. The number of anilines is 1. The van der Waals surface area contributed by atoms with Gasteiger partial charge in [-0.2, -0.15) is 13.2 Å². The average Bonchev–Trinajstić information content (AvgIpc) is 3.01. The van der Waals surface area contributed by atoms with Crippen LogP contribution in [0.4, 0.5) is 18.9 Å². The zero-order valence-electron chi connectivity index (χ0n) is 14.1. The third kappa shape index (κ3) is 4.19. The second-order valence-electron chi connectivity index (χ2n) is 6.50. The van der Waals surface area contributed by atoms with Crippen molar-refractivity contribution < 1.29 is 21.6 Å². The minimum atomic E-state index is -4.60. The van der Waals surface area contributed by atoms with Crippen molar-refractivity contribution >= 4 is 15.7 Å². The van der Waals surface area contributed by atoms with Crippen molar-refractivity contribution in [2.24, 2.45) is 0 Å². The molecule has 0 aliphatic carbocycles. The van der Waals surface area contributed by atoms with Crippen LogP contribution >= 0.6 is 0 Å². The van der Waals surface area contributed by atoms with Gasteiger partial charge in [0.25, 0.3) is 10.0 Å². The molecule has 26 heavy (non-hydrogen) atoms.